The normalized spacial score (nSPS) is 15.7. The number of carbonyl (C=O) groups is 1. The van der Waals surface area contributed by atoms with E-state index in [-0.39, 0.29) is 29.2 Å². The number of rotatable bonds is 6. The summed E-state index contributed by atoms with van der Waals surface area (Å²) >= 11 is 0. The summed E-state index contributed by atoms with van der Waals surface area (Å²) in [6, 6.07) is 11.3. The average Bonchev–Trinajstić information content (AvgIpc) is 2.85. The van der Waals surface area contributed by atoms with Gasteiger partial charge < -0.3 is 19.7 Å². The molecule has 3 aromatic rings. The van der Waals surface area contributed by atoms with E-state index in [0.29, 0.717) is 31.2 Å². The first-order valence-corrected chi connectivity index (χ1v) is 13.7. The largest absolute Gasteiger partial charge is 0.490 e. The number of amides is 1. The molecule has 1 aliphatic rings. The minimum Gasteiger partial charge on any atom is -0.490 e. The van der Waals surface area contributed by atoms with Gasteiger partial charge in [-0.3, -0.25) is 9.36 Å². The molecule has 0 bridgehead atoms. The van der Waals surface area contributed by atoms with Crippen molar-refractivity contribution in [1.82, 2.24) is 19.4 Å². The van der Waals surface area contributed by atoms with E-state index in [0.717, 1.165) is 29.5 Å². The molecule has 0 saturated carbocycles. The Kier molecular flexibility index (Phi) is 8.18. The van der Waals surface area contributed by atoms with Crippen LogP contribution in [0.5, 0.6) is 5.75 Å². The molecule has 3 heterocycles. The van der Waals surface area contributed by atoms with Crippen molar-refractivity contribution in [3.05, 3.63) is 58.5 Å². The van der Waals surface area contributed by atoms with Crippen molar-refractivity contribution >= 4 is 23.1 Å². The summed E-state index contributed by atoms with van der Waals surface area (Å²) in [7, 11) is 0. The number of hydrogen-bond donors (Lipinski definition) is 1. The first-order valence-electron chi connectivity index (χ1n) is 13.7. The summed E-state index contributed by atoms with van der Waals surface area (Å²) in [4.78, 5) is 35.8. The molecular weight excluding hydrogens is 494 g/mol. The van der Waals surface area contributed by atoms with Crippen molar-refractivity contribution in [2.75, 3.05) is 18.4 Å². The zero-order valence-electron chi connectivity index (χ0n) is 24.2. The molecule has 1 aromatic carbocycles. The third-order valence-electron chi connectivity index (χ3n) is 6.48. The molecule has 1 N–H and O–H groups in total. The fourth-order valence-corrected chi connectivity index (χ4v) is 4.56. The second kappa shape index (κ2) is 11.2. The highest BCUT2D eigenvalue weighted by atomic mass is 16.6. The Morgan fingerprint density at radius 2 is 1.72 bits per heavy atom. The van der Waals surface area contributed by atoms with Crippen LogP contribution in [0.2, 0.25) is 0 Å². The summed E-state index contributed by atoms with van der Waals surface area (Å²) in [5.74, 6) is 1.27. The Labute approximate surface area is 230 Å². The minimum atomic E-state index is -0.493. The second-order valence-corrected chi connectivity index (χ2v) is 12.5. The lowest BCUT2D eigenvalue weighted by Crippen LogP contribution is -2.44. The zero-order valence-corrected chi connectivity index (χ0v) is 24.2. The van der Waals surface area contributed by atoms with E-state index in [4.69, 9.17) is 14.5 Å². The molecule has 0 spiro atoms. The van der Waals surface area contributed by atoms with E-state index in [9.17, 15) is 9.59 Å². The van der Waals surface area contributed by atoms with Gasteiger partial charge in [0.1, 0.15) is 23.1 Å². The highest BCUT2D eigenvalue weighted by Crippen LogP contribution is 2.25. The lowest BCUT2D eigenvalue weighted by molar-refractivity contribution is 0.0126. The topological polar surface area (TPSA) is 98.6 Å². The van der Waals surface area contributed by atoms with Crippen LogP contribution in [0.15, 0.2) is 47.4 Å². The number of piperidine rings is 1. The van der Waals surface area contributed by atoms with Gasteiger partial charge in [0.05, 0.1) is 6.04 Å². The molecule has 1 saturated heterocycles. The lowest BCUT2D eigenvalue weighted by Gasteiger charge is -2.33. The highest BCUT2D eigenvalue weighted by Gasteiger charge is 2.27. The van der Waals surface area contributed by atoms with Gasteiger partial charge in [0.2, 0.25) is 5.95 Å². The number of nitrogens with one attached hydrogen (secondary N) is 1. The van der Waals surface area contributed by atoms with Gasteiger partial charge in [-0.05, 0) is 56.9 Å². The van der Waals surface area contributed by atoms with Gasteiger partial charge in [-0.15, -0.1) is 0 Å². The number of benzene rings is 1. The number of nitrogens with zero attached hydrogens (tertiary/aromatic N) is 4. The predicted octanol–water partition coefficient (Wildman–Crippen LogP) is 5.79. The quantitative estimate of drug-likeness (QED) is 0.427. The van der Waals surface area contributed by atoms with Crippen molar-refractivity contribution in [1.29, 1.82) is 0 Å². The van der Waals surface area contributed by atoms with Crippen LogP contribution in [-0.4, -0.2) is 50.3 Å². The van der Waals surface area contributed by atoms with Crippen molar-refractivity contribution in [2.45, 2.75) is 85.6 Å². The molecule has 210 valence electrons. The predicted molar refractivity (Wildman–Crippen MR) is 153 cm³/mol. The van der Waals surface area contributed by atoms with Crippen molar-refractivity contribution < 1.29 is 14.3 Å². The Balaban J connectivity index is 1.36. The summed E-state index contributed by atoms with van der Waals surface area (Å²) in [6.45, 7) is 15.8. The highest BCUT2D eigenvalue weighted by molar-refractivity contribution is 5.75. The van der Waals surface area contributed by atoms with E-state index in [1.807, 2.05) is 52.0 Å². The van der Waals surface area contributed by atoms with E-state index in [2.05, 4.69) is 31.1 Å². The molecule has 0 unspecified atom stereocenters. The van der Waals surface area contributed by atoms with Crippen LogP contribution in [-0.2, 0) is 11.3 Å². The van der Waals surface area contributed by atoms with Crippen LogP contribution in [0.1, 0.15) is 72.9 Å². The number of fused-ring (bicyclic) bond motifs is 1. The van der Waals surface area contributed by atoms with E-state index >= 15 is 0 Å². The maximum absolute atomic E-state index is 12.6. The molecule has 9 heteroatoms. The molecule has 39 heavy (non-hydrogen) atoms. The molecule has 0 aliphatic carbocycles. The maximum Gasteiger partial charge on any atom is 0.410 e. The molecule has 1 atom stereocenters. The third-order valence-corrected chi connectivity index (χ3v) is 6.48. The Hall–Kier alpha value is -3.62. The monoisotopic (exact) mass is 535 g/mol. The standard InChI is InChI=1S/C30H41N5O4/c1-20(32-27-31-18-22-10-13-25(36)35(26(22)33-27)19-29(2,3)4)21-8-11-23(12-9-21)38-24-14-16-34(17-15-24)28(37)39-30(5,6)7/h8-13,18,20,24H,14-17,19H2,1-7H3,(H,31,32,33)/t20-/m0/s1. The summed E-state index contributed by atoms with van der Waals surface area (Å²) in [5.41, 5.74) is 1.06. The molecule has 4 rings (SSSR count). The van der Waals surface area contributed by atoms with E-state index in [1.54, 1.807) is 27.8 Å². The Morgan fingerprint density at radius 1 is 1.05 bits per heavy atom. The summed E-state index contributed by atoms with van der Waals surface area (Å²) in [6.07, 6.45) is 3.07. The number of aromatic nitrogens is 3. The van der Waals surface area contributed by atoms with Gasteiger partial charge in [-0.2, -0.15) is 4.98 Å². The van der Waals surface area contributed by atoms with Crippen LogP contribution >= 0.6 is 0 Å². The molecular formula is C30H41N5O4. The number of pyridine rings is 1. The van der Waals surface area contributed by atoms with Crippen LogP contribution in [0.25, 0.3) is 11.0 Å². The second-order valence-electron chi connectivity index (χ2n) is 12.5. The summed E-state index contributed by atoms with van der Waals surface area (Å²) in [5, 5.41) is 4.19. The minimum absolute atomic E-state index is 0.0555. The van der Waals surface area contributed by atoms with Crippen molar-refractivity contribution in [3.63, 3.8) is 0 Å². The van der Waals surface area contributed by atoms with Gasteiger partial charge in [0.15, 0.2) is 0 Å². The Morgan fingerprint density at radius 3 is 2.33 bits per heavy atom. The molecule has 1 amide bonds. The van der Waals surface area contributed by atoms with Gasteiger partial charge in [-0.1, -0.05) is 32.9 Å². The SMILES string of the molecule is C[C@H](Nc1ncc2ccc(=O)n(CC(C)(C)C)c2n1)c1ccc(OC2CCN(C(=O)OC(C)(C)C)CC2)cc1. The molecule has 1 aliphatic heterocycles. The van der Waals surface area contributed by atoms with E-state index < -0.39 is 5.60 Å². The number of ether oxygens (including phenoxy) is 2. The number of carbonyl (C=O) groups excluding carboxylic acids is 1. The third kappa shape index (κ3) is 7.71. The molecule has 0 radical (unpaired) electrons. The fraction of sp³-hybridized carbons (Fsp3) is 0.533. The van der Waals surface area contributed by atoms with Crippen LogP contribution in [0.3, 0.4) is 0 Å². The fourth-order valence-electron chi connectivity index (χ4n) is 4.56. The van der Waals surface area contributed by atoms with Gasteiger partial charge in [0, 0.05) is 50.1 Å². The van der Waals surface area contributed by atoms with E-state index in [1.165, 1.54) is 0 Å². The van der Waals surface area contributed by atoms with Gasteiger partial charge in [0.25, 0.3) is 5.56 Å². The first-order chi connectivity index (χ1) is 18.3. The maximum atomic E-state index is 12.6. The number of likely N-dealkylation sites (tertiary alicyclic amines) is 1. The number of anilines is 1. The van der Waals surface area contributed by atoms with Crippen LogP contribution in [0, 0.1) is 5.41 Å². The number of hydrogen-bond acceptors (Lipinski definition) is 7. The zero-order chi connectivity index (χ0) is 28.4. The average molecular weight is 536 g/mol. The van der Waals surface area contributed by atoms with Crippen LogP contribution in [0.4, 0.5) is 10.7 Å². The molecule has 1 fully saturated rings. The summed E-state index contributed by atoms with van der Waals surface area (Å²) < 4.78 is 13.4. The Bertz CT molecular complexity index is 1350. The van der Waals surface area contributed by atoms with Crippen molar-refractivity contribution in [3.8, 4) is 5.75 Å². The first kappa shape index (κ1) is 28.4. The molecule has 2 aromatic heterocycles. The van der Waals surface area contributed by atoms with Gasteiger partial charge >= 0.3 is 6.09 Å². The molecule has 9 nitrogen and oxygen atoms in total. The van der Waals surface area contributed by atoms with Gasteiger partial charge in [-0.25, -0.2) is 9.78 Å². The van der Waals surface area contributed by atoms with Crippen molar-refractivity contribution in [2.24, 2.45) is 5.41 Å². The lowest BCUT2D eigenvalue weighted by atomic mass is 9.97. The van der Waals surface area contributed by atoms with Crippen LogP contribution < -0.4 is 15.6 Å². The smallest absolute Gasteiger partial charge is 0.410 e.